The van der Waals surface area contributed by atoms with E-state index in [1.807, 2.05) is 99.6 Å². The topological polar surface area (TPSA) is 105 Å². The zero-order chi connectivity index (χ0) is 35.1. The van der Waals surface area contributed by atoms with Crippen molar-refractivity contribution in [3.8, 4) is 11.1 Å². The smallest absolute Gasteiger partial charge is 0.272 e. The Labute approximate surface area is 292 Å². The van der Waals surface area contributed by atoms with Crippen molar-refractivity contribution in [2.45, 2.75) is 59.2 Å². The van der Waals surface area contributed by atoms with Crippen LogP contribution in [0.4, 0.5) is 10.1 Å². The van der Waals surface area contributed by atoms with Crippen LogP contribution in [-0.2, 0) is 20.9 Å². The lowest BCUT2D eigenvalue weighted by Gasteiger charge is -2.29. The summed E-state index contributed by atoms with van der Waals surface area (Å²) in [5.74, 6) is -3.15. The van der Waals surface area contributed by atoms with Crippen LogP contribution in [0.5, 0.6) is 0 Å². The monoisotopic (exact) mass is 680 g/mol. The van der Waals surface area contributed by atoms with Crippen LogP contribution in [0.25, 0.3) is 11.1 Å². The van der Waals surface area contributed by atoms with Crippen molar-refractivity contribution < 1.29 is 18.8 Å². The third-order valence-electron chi connectivity index (χ3n) is 8.84. The highest BCUT2D eigenvalue weighted by atomic mass is 35.5. The van der Waals surface area contributed by atoms with Crippen LogP contribution in [0.2, 0.25) is 5.02 Å². The first-order valence-corrected chi connectivity index (χ1v) is 17.1. The summed E-state index contributed by atoms with van der Waals surface area (Å²) in [5, 5.41) is 2.97. The van der Waals surface area contributed by atoms with Gasteiger partial charge in [-0.1, -0.05) is 118 Å². The van der Waals surface area contributed by atoms with Gasteiger partial charge in [-0.25, -0.2) is 9.38 Å². The Morgan fingerprint density at radius 3 is 2.31 bits per heavy atom. The van der Waals surface area contributed by atoms with Gasteiger partial charge in [0.25, 0.3) is 5.91 Å². The molecule has 5 rings (SSSR count). The second kappa shape index (κ2) is 16.1. The quantitative estimate of drug-likeness (QED) is 0.150. The average Bonchev–Trinajstić information content (AvgIpc) is 3.20. The largest absolute Gasteiger partial charge is 0.369 e. The molecule has 4 aromatic rings. The average molecular weight is 681 g/mol. The molecule has 3 unspecified atom stereocenters. The maximum Gasteiger partial charge on any atom is 0.272 e. The maximum absolute atomic E-state index is 14.6. The van der Waals surface area contributed by atoms with Crippen molar-refractivity contribution in [3.05, 3.63) is 125 Å². The Hall–Kier alpha value is -4.82. The minimum absolute atomic E-state index is 0.0211. The Morgan fingerprint density at radius 1 is 0.918 bits per heavy atom. The highest BCUT2D eigenvalue weighted by Crippen LogP contribution is 2.32. The normalized spacial score (nSPS) is 15.6. The molecular formula is C40H42ClFN4O3. The standard InChI is InChI=1S/C40H42ClFN4O3/c1-4-5-16-30(37(43)47)32(21-25(2)3)39(48)45-38-40(49)46(24-26-12-11-15-28(22-26)29-19-20-34(42)33(41)23-29)35-18-10-9-17-31(35)36(44-38)27-13-7-6-8-14-27/h6-15,17-20,22-23,25,30,32,38H,4-5,16,21,24H2,1-3H3,(H2,43,47)(H,45,48). The number of carbonyl (C=O) groups excluding carboxylic acids is 3. The maximum atomic E-state index is 14.6. The summed E-state index contributed by atoms with van der Waals surface area (Å²) in [7, 11) is 0. The minimum atomic E-state index is -1.27. The van der Waals surface area contributed by atoms with Gasteiger partial charge >= 0.3 is 0 Å². The fourth-order valence-electron chi connectivity index (χ4n) is 6.39. The molecule has 7 nitrogen and oxygen atoms in total. The van der Waals surface area contributed by atoms with Gasteiger partial charge in [-0.3, -0.25) is 14.4 Å². The van der Waals surface area contributed by atoms with E-state index >= 15 is 0 Å². The van der Waals surface area contributed by atoms with Gasteiger partial charge in [0.2, 0.25) is 18.0 Å². The molecule has 0 saturated carbocycles. The first kappa shape index (κ1) is 35.5. The van der Waals surface area contributed by atoms with Crippen LogP contribution in [0, 0.1) is 23.6 Å². The second-order valence-corrected chi connectivity index (χ2v) is 13.3. The van der Waals surface area contributed by atoms with Crippen LogP contribution >= 0.6 is 11.6 Å². The Morgan fingerprint density at radius 2 is 1.61 bits per heavy atom. The van der Waals surface area contributed by atoms with Crippen molar-refractivity contribution in [3.63, 3.8) is 0 Å². The highest BCUT2D eigenvalue weighted by Gasteiger charge is 2.38. The molecule has 1 heterocycles. The number of primary amides is 1. The summed E-state index contributed by atoms with van der Waals surface area (Å²) in [6.45, 7) is 6.18. The fourth-order valence-corrected chi connectivity index (χ4v) is 6.57. The molecule has 3 N–H and O–H groups in total. The van der Waals surface area contributed by atoms with Crippen molar-refractivity contribution in [1.29, 1.82) is 0 Å². The Balaban J connectivity index is 1.57. The predicted octanol–water partition coefficient (Wildman–Crippen LogP) is 7.93. The number of fused-ring (bicyclic) bond motifs is 1. The lowest BCUT2D eigenvalue weighted by molar-refractivity contribution is -0.136. The van der Waals surface area contributed by atoms with Crippen molar-refractivity contribution in [1.82, 2.24) is 5.32 Å². The summed E-state index contributed by atoms with van der Waals surface area (Å²) >= 11 is 6.09. The van der Waals surface area contributed by atoms with Gasteiger partial charge in [0.15, 0.2) is 0 Å². The molecule has 1 aliphatic rings. The molecule has 254 valence electrons. The number of hydrogen-bond donors (Lipinski definition) is 2. The van der Waals surface area contributed by atoms with Gasteiger partial charge < -0.3 is 16.0 Å². The molecule has 3 amide bonds. The van der Waals surface area contributed by atoms with Gasteiger partial charge in [0.05, 0.1) is 23.0 Å². The minimum Gasteiger partial charge on any atom is -0.369 e. The Bertz CT molecular complexity index is 1840. The molecule has 3 atom stereocenters. The van der Waals surface area contributed by atoms with E-state index in [0.29, 0.717) is 24.2 Å². The SMILES string of the molecule is CCCCC(C(N)=O)C(CC(C)C)C(=O)NC1N=C(c2ccccc2)c2ccccc2N(Cc2cccc(-c3ccc(F)c(Cl)c3)c2)C1=O. The third kappa shape index (κ3) is 8.43. The number of amides is 3. The van der Waals surface area contributed by atoms with Crippen LogP contribution in [-0.4, -0.2) is 29.6 Å². The molecule has 0 radical (unpaired) electrons. The fraction of sp³-hybridized carbons (Fsp3) is 0.300. The molecule has 0 aliphatic carbocycles. The number of halogens is 2. The molecule has 0 spiro atoms. The number of aliphatic imine (C=N–C) groups is 1. The zero-order valence-electron chi connectivity index (χ0n) is 28.0. The lowest BCUT2D eigenvalue weighted by Crippen LogP contribution is -2.50. The molecular weight excluding hydrogens is 639 g/mol. The summed E-state index contributed by atoms with van der Waals surface area (Å²) in [4.78, 5) is 48.0. The van der Waals surface area contributed by atoms with Crippen LogP contribution < -0.4 is 16.0 Å². The van der Waals surface area contributed by atoms with E-state index < -0.39 is 41.5 Å². The summed E-state index contributed by atoms with van der Waals surface area (Å²) in [6.07, 6.45) is 1.25. The van der Waals surface area contributed by atoms with Crippen LogP contribution in [0.15, 0.2) is 102 Å². The van der Waals surface area contributed by atoms with E-state index in [0.717, 1.165) is 40.7 Å². The summed E-state index contributed by atoms with van der Waals surface area (Å²) in [6, 6.07) is 29.2. The van der Waals surface area contributed by atoms with Gasteiger partial charge in [-0.2, -0.15) is 0 Å². The van der Waals surface area contributed by atoms with Crippen molar-refractivity contribution >= 4 is 40.7 Å². The van der Waals surface area contributed by atoms with Crippen LogP contribution in [0.3, 0.4) is 0 Å². The number of carbonyl (C=O) groups is 3. The second-order valence-electron chi connectivity index (χ2n) is 12.9. The molecule has 9 heteroatoms. The number of nitrogens with zero attached hydrogens (tertiary/aromatic N) is 2. The number of anilines is 1. The summed E-state index contributed by atoms with van der Waals surface area (Å²) < 4.78 is 13.9. The van der Waals surface area contributed by atoms with Gasteiger partial charge in [-0.15, -0.1) is 0 Å². The lowest BCUT2D eigenvalue weighted by atomic mass is 9.81. The number of nitrogens with two attached hydrogens (primary N) is 1. The van der Waals surface area contributed by atoms with E-state index in [1.165, 1.54) is 6.07 Å². The van der Waals surface area contributed by atoms with E-state index in [-0.39, 0.29) is 17.5 Å². The first-order chi connectivity index (χ1) is 23.6. The van der Waals surface area contributed by atoms with E-state index in [1.54, 1.807) is 17.0 Å². The molecule has 0 fully saturated rings. The van der Waals surface area contributed by atoms with Crippen LogP contribution in [0.1, 0.15) is 63.1 Å². The molecule has 0 aromatic heterocycles. The van der Waals surface area contributed by atoms with E-state index in [4.69, 9.17) is 22.3 Å². The number of para-hydroxylation sites is 1. The first-order valence-electron chi connectivity index (χ1n) is 16.7. The van der Waals surface area contributed by atoms with E-state index in [2.05, 4.69) is 5.32 Å². The highest BCUT2D eigenvalue weighted by molar-refractivity contribution is 6.31. The number of rotatable bonds is 13. The summed E-state index contributed by atoms with van der Waals surface area (Å²) in [5.41, 5.74) is 10.9. The van der Waals surface area contributed by atoms with Crippen molar-refractivity contribution in [2.24, 2.45) is 28.5 Å². The number of unbranched alkanes of at least 4 members (excludes halogenated alkanes) is 1. The zero-order valence-corrected chi connectivity index (χ0v) is 28.8. The molecule has 4 aromatic carbocycles. The van der Waals surface area contributed by atoms with E-state index in [9.17, 15) is 18.8 Å². The van der Waals surface area contributed by atoms with Gasteiger partial charge in [0, 0.05) is 23.0 Å². The van der Waals surface area contributed by atoms with Crippen molar-refractivity contribution in [2.75, 3.05) is 4.90 Å². The molecule has 0 saturated heterocycles. The Kier molecular flexibility index (Phi) is 11.6. The molecule has 0 bridgehead atoms. The molecule has 49 heavy (non-hydrogen) atoms. The number of nitrogens with one attached hydrogen (secondary N) is 1. The molecule has 1 aliphatic heterocycles. The van der Waals surface area contributed by atoms with Gasteiger partial charge in [0.1, 0.15) is 5.82 Å². The number of benzene rings is 4. The third-order valence-corrected chi connectivity index (χ3v) is 9.13. The number of hydrogen-bond acceptors (Lipinski definition) is 4. The number of benzodiazepines with no additional fused rings is 1. The van der Waals surface area contributed by atoms with Gasteiger partial charge in [-0.05, 0) is 59.7 Å². The predicted molar refractivity (Wildman–Crippen MR) is 194 cm³/mol.